The number of halogens is 1. The monoisotopic (exact) mass is 387 g/mol. The van der Waals surface area contributed by atoms with Crippen LogP contribution in [0.2, 0.25) is 0 Å². The molecule has 4 heteroatoms. The highest BCUT2D eigenvalue weighted by Gasteiger charge is 2.37. The van der Waals surface area contributed by atoms with Gasteiger partial charge >= 0.3 is 5.97 Å². The van der Waals surface area contributed by atoms with Crippen LogP contribution in [-0.4, -0.2) is 18.0 Å². The van der Waals surface area contributed by atoms with E-state index in [-0.39, 0.29) is 12.0 Å². The first-order valence-electron chi connectivity index (χ1n) is 8.08. The van der Waals surface area contributed by atoms with Crippen LogP contribution in [0, 0.1) is 20.8 Å². The highest BCUT2D eigenvalue weighted by Crippen LogP contribution is 2.39. The second kappa shape index (κ2) is 6.69. The van der Waals surface area contributed by atoms with E-state index in [1.807, 2.05) is 18.2 Å². The van der Waals surface area contributed by atoms with Crippen LogP contribution in [0.1, 0.15) is 39.4 Å². The smallest absolute Gasteiger partial charge is 0.327 e. The highest BCUT2D eigenvalue weighted by atomic mass is 79.9. The number of ether oxygens (including phenoxy) is 1. The Morgan fingerprint density at radius 1 is 1.25 bits per heavy atom. The van der Waals surface area contributed by atoms with E-state index < -0.39 is 0 Å². The molecule has 0 N–H and O–H groups in total. The van der Waals surface area contributed by atoms with Crippen molar-refractivity contribution >= 4 is 21.9 Å². The molecule has 2 aromatic rings. The van der Waals surface area contributed by atoms with Crippen LogP contribution in [0.25, 0.3) is 0 Å². The summed E-state index contributed by atoms with van der Waals surface area (Å²) in [6, 6.07) is 10.1. The molecule has 0 saturated heterocycles. The minimum absolute atomic E-state index is 0.200. The fourth-order valence-corrected chi connectivity index (χ4v) is 4.19. The van der Waals surface area contributed by atoms with E-state index in [4.69, 9.17) is 4.74 Å². The number of hydrogen-bond donors (Lipinski definition) is 0. The molecule has 1 atom stereocenters. The molecule has 0 amide bonds. The fraction of sp³-hybridized carbons (Fsp3) is 0.350. The minimum atomic E-state index is -0.345. The Morgan fingerprint density at radius 2 is 1.92 bits per heavy atom. The lowest BCUT2D eigenvalue weighted by Crippen LogP contribution is -2.29. The van der Waals surface area contributed by atoms with Crippen LogP contribution in [-0.2, 0) is 22.6 Å². The molecule has 1 unspecified atom stereocenters. The van der Waals surface area contributed by atoms with E-state index >= 15 is 0 Å². The number of carbonyl (C=O) groups is 1. The van der Waals surface area contributed by atoms with Gasteiger partial charge in [0.05, 0.1) is 7.11 Å². The van der Waals surface area contributed by atoms with Crippen molar-refractivity contribution in [3.63, 3.8) is 0 Å². The summed E-state index contributed by atoms with van der Waals surface area (Å²) in [5, 5.41) is 0. The van der Waals surface area contributed by atoms with E-state index in [9.17, 15) is 4.79 Å². The van der Waals surface area contributed by atoms with Crippen LogP contribution in [0.5, 0.6) is 0 Å². The van der Waals surface area contributed by atoms with E-state index in [2.05, 4.69) is 53.7 Å². The summed E-state index contributed by atoms with van der Waals surface area (Å²) in [4.78, 5) is 14.6. The zero-order valence-electron chi connectivity index (χ0n) is 14.5. The summed E-state index contributed by atoms with van der Waals surface area (Å²) in [6.07, 6.45) is 0. The van der Waals surface area contributed by atoms with Crippen molar-refractivity contribution in [1.82, 2.24) is 4.90 Å². The maximum absolute atomic E-state index is 12.4. The molecule has 0 bridgehead atoms. The number of carbonyl (C=O) groups excluding carboxylic acids is 1. The first-order chi connectivity index (χ1) is 11.4. The number of benzene rings is 2. The minimum Gasteiger partial charge on any atom is -0.468 e. The summed E-state index contributed by atoms with van der Waals surface area (Å²) < 4.78 is 6.13. The van der Waals surface area contributed by atoms with Gasteiger partial charge in [0.25, 0.3) is 0 Å². The standard InChI is InChI=1S/C20H22BrNO2/c1-12-8-13(2)16(14(3)9-12)10-22-11-17-15(6-5-7-18(17)21)19(22)20(23)24-4/h5-9,19H,10-11H2,1-4H3. The van der Waals surface area contributed by atoms with Gasteiger partial charge in [0.15, 0.2) is 0 Å². The van der Waals surface area contributed by atoms with Crippen molar-refractivity contribution in [2.45, 2.75) is 39.9 Å². The lowest BCUT2D eigenvalue weighted by molar-refractivity contribution is -0.147. The SMILES string of the molecule is COC(=O)C1c2cccc(Br)c2CN1Cc1c(C)cc(C)cc1C. The average molecular weight is 388 g/mol. The Bertz CT molecular complexity index is 777. The Kier molecular flexibility index (Phi) is 4.79. The highest BCUT2D eigenvalue weighted by molar-refractivity contribution is 9.10. The Morgan fingerprint density at radius 3 is 2.54 bits per heavy atom. The van der Waals surface area contributed by atoms with E-state index in [1.54, 1.807) is 0 Å². The maximum Gasteiger partial charge on any atom is 0.327 e. The third-order valence-corrected chi connectivity index (χ3v) is 5.54. The number of fused-ring (bicyclic) bond motifs is 1. The molecule has 126 valence electrons. The second-order valence-electron chi connectivity index (χ2n) is 6.52. The molecular formula is C20H22BrNO2. The van der Waals surface area contributed by atoms with Crippen LogP contribution in [0.4, 0.5) is 0 Å². The van der Waals surface area contributed by atoms with Crippen LogP contribution >= 0.6 is 15.9 Å². The van der Waals surface area contributed by atoms with Crippen LogP contribution < -0.4 is 0 Å². The number of esters is 1. The predicted octanol–water partition coefficient (Wildman–Crippen LogP) is 4.60. The van der Waals surface area contributed by atoms with Gasteiger partial charge < -0.3 is 4.74 Å². The van der Waals surface area contributed by atoms with Gasteiger partial charge in [-0.1, -0.05) is 45.8 Å². The summed E-state index contributed by atoms with van der Waals surface area (Å²) in [7, 11) is 1.46. The van der Waals surface area contributed by atoms with Gasteiger partial charge in [0.1, 0.15) is 6.04 Å². The average Bonchev–Trinajstić information content (AvgIpc) is 2.90. The second-order valence-corrected chi connectivity index (χ2v) is 7.37. The van der Waals surface area contributed by atoms with Gasteiger partial charge in [-0.15, -0.1) is 0 Å². The first kappa shape index (κ1) is 17.2. The molecule has 0 spiro atoms. The van der Waals surface area contributed by atoms with Crippen molar-refractivity contribution in [3.8, 4) is 0 Å². The number of hydrogen-bond acceptors (Lipinski definition) is 3. The normalized spacial score (nSPS) is 17.0. The van der Waals surface area contributed by atoms with E-state index in [0.29, 0.717) is 0 Å². The predicted molar refractivity (Wildman–Crippen MR) is 98.8 cm³/mol. The van der Waals surface area contributed by atoms with Gasteiger partial charge in [0, 0.05) is 17.6 Å². The third-order valence-electron chi connectivity index (χ3n) is 4.80. The molecule has 0 fully saturated rings. The van der Waals surface area contributed by atoms with Crippen molar-refractivity contribution < 1.29 is 9.53 Å². The Balaban J connectivity index is 1.99. The molecule has 24 heavy (non-hydrogen) atoms. The fourth-order valence-electron chi connectivity index (χ4n) is 3.69. The molecule has 3 rings (SSSR count). The molecule has 0 saturated carbocycles. The molecular weight excluding hydrogens is 366 g/mol. The lowest BCUT2D eigenvalue weighted by Gasteiger charge is -2.25. The zero-order chi connectivity index (χ0) is 17.4. The number of aryl methyl sites for hydroxylation is 3. The number of methoxy groups -OCH3 is 1. The zero-order valence-corrected chi connectivity index (χ0v) is 16.1. The molecule has 0 aliphatic carbocycles. The van der Waals surface area contributed by atoms with Crippen LogP contribution in [0.3, 0.4) is 0 Å². The van der Waals surface area contributed by atoms with Crippen molar-refractivity contribution in [2.75, 3.05) is 7.11 Å². The Labute approximate surface area is 151 Å². The quantitative estimate of drug-likeness (QED) is 0.720. The maximum atomic E-state index is 12.4. The molecule has 3 nitrogen and oxygen atoms in total. The van der Waals surface area contributed by atoms with Gasteiger partial charge in [-0.2, -0.15) is 0 Å². The summed E-state index contributed by atoms with van der Waals surface area (Å²) in [6.45, 7) is 7.87. The summed E-state index contributed by atoms with van der Waals surface area (Å²) >= 11 is 3.62. The molecule has 0 aromatic heterocycles. The van der Waals surface area contributed by atoms with Gasteiger partial charge in [-0.25, -0.2) is 4.79 Å². The Hall–Kier alpha value is -1.65. The third kappa shape index (κ3) is 3.01. The van der Waals surface area contributed by atoms with Gasteiger partial charge in [-0.05, 0) is 54.7 Å². The van der Waals surface area contributed by atoms with E-state index in [0.717, 1.165) is 23.1 Å². The summed E-state index contributed by atoms with van der Waals surface area (Å²) in [5.74, 6) is -0.200. The van der Waals surface area contributed by atoms with Gasteiger partial charge in [0.2, 0.25) is 0 Å². The molecule has 2 aromatic carbocycles. The van der Waals surface area contributed by atoms with Crippen LogP contribution in [0.15, 0.2) is 34.8 Å². The largest absolute Gasteiger partial charge is 0.468 e. The van der Waals surface area contributed by atoms with E-state index in [1.165, 1.54) is 34.9 Å². The van der Waals surface area contributed by atoms with Crippen molar-refractivity contribution in [3.05, 3.63) is 68.2 Å². The van der Waals surface area contributed by atoms with Crippen molar-refractivity contribution in [2.24, 2.45) is 0 Å². The van der Waals surface area contributed by atoms with Gasteiger partial charge in [-0.3, -0.25) is 4.90 Å². The molecule has 1 aliphatic heterocycles. The van der Waals surface area contributed by atoms with Crippen molar-refractivity contribution in [1.29, 1.82) is 0 Å². The summed E-state index contributed by atoms with van der Waals surface area (Å²) in [5.41, 5.74) is 7.32. The molecule has 0 radical (unpaired) electrons. The lowest BCUT2D eigenvalue weighted by atomic mass is 9.99. The number of nitrogens with zero attached hydrogens (tertiary/aromatic N) is 1. The molecule has 1 aliphatic rings. The number of rotatable bonds is 3. The molecule has 1 heterocycles. The first-order valence-corrected chi connectivity index (χ1v) is 8.87. The topological polar surface area (TPSA) is 29.5 Å².